The summed E-state index contributed by atoms with van der Waals surface area (Å²) in [6.07, 6.45) is -4.12. The third-order valence-electron chi connectivity index (χ3n) is 1.87. The molecular formula is C10H16F3N3O2. The lowest BCUT2D eigenvalue weighted by molar-refractivity contribution is -0.173. The molecule has 0 aliphatic carbocycles. The van der Waals surface area contributed by atoms with E-state index < -0.39 is 12.8 Å². The molecule has 1 aromatic heterocycles. The van der Waals surface area contributed by atoms with Crippen molar-refractivity contribution in [3.05, 3.63) is 5.82 Å². The molecule has 18 heavy (non-hydrogen) atoms. The van der Waals surface area contributed by atoms with E-state index in [-0.39, 0.29) is 19.0 Å². The summed E-state index contributed by atoms with van der Waals surface area (Å²) in [6.45, 7) is 3.38. The number of alkyl halides is 3. The molecule has 104 valence electrons. The summed E-state index contributed by atoms with van der Waals surface area (Å²) in [5, 5.41) is 6.54. The second-order valence-corrected chi connectivity index (χ2v) is 4.21. The minimum Gasteiger partial charge on any atom is -0.372 e. The highest BCUT2D eigenvalue weighted by Gasteiger charge is 2.27. The van der Waals surface area contributed by atoms with Gasteiger partial charge in [0.05, 0.1) is 6.61 Å². The van der Waals surface area contributed by atoms with Crippen LogP contribution in [0.4, 0.5) is 19.2 Å². The van der Waals surface area contributed by atoms with Gasteiger partial charge in [-0.05, 0) is 5.92 Å². The zero-order chi connectivity index (χ0) is 13.6. The predicted molar refractivity (Wildman–Crippen MR) is 58.2 cm³/mol. The van der Waals surface area contributed by atoms with Crippen LogP contribution in [0.15, 0.2) is 4.52 Å². The summed E-state index contributed by atoms with van der Waals surface area (Å²) in [7, 11) is 0. The first-order valence-electron chi connectivity index (χ1n) is 5.58. The van der Waals surface area contributed by atoms with Gasteiger partial charge in [-0.25, -0.2) is 0 Å². The minimum absolute atomic E-state index is 0.0946. The molecule has 0 aliphatic heterocycles. The molecule has 0 atom stereocenters. The lowest BCUT2D eigenvalue weighted by Crippen LogP contribution is -2.18. The second-order valence-electron chi connectivity index (χ2n) is 4.21. The van der Waals surface area contributed by atoms with Crippen molar-refractivity contribution in [3.63, 3.8) is 0 Å². The molecule has 1 aromatic rings. The third kappa shape index (κ3) is 6.43. The third-order valence-corrected chi connectivity index (χ3v) is 1.87. The molecule has 0 saturated heterocycles. The fourth-order valence-corrected chi connectivity index (χ4v) is 1.07. The van der Waals surface area contributed by atoms with Crippen LogP contribution >= 0.6 is 0 Å². The van der Waals surface area contributed by atoms with Gasteiger partial charge in [-0.2, -0.15) is 18.2 Å². The van der Waals surface area contributed by atoms with Gasteiger partial charge >= 0.3 is 12.2 Å². The Hall–Kier alpha value is -1.31. The molecule has 0 saturated carbocycles. The van der Waals surface area contributed by atoms with Gasteiger partial charge in [0.2, 0.25) is 0 Å². The number of hydrogen-bond acceptors (Lipinski definition) is 5. The Morgan fingerprint density at radius 1 is 1.39 bits per heavy atom. The fraction of sp³-hybridized carbons (Fsp3) is 0.800. The topological polar surface area (TPSA) is 60.2 Å². The van der Waals surface area contributed by atoms with E-state index in [2.05, 4.69) is 20.2 Å². The summed E-state index contributed by atoms with van der Waals surface area (Å²) in [6, 6.07) is 0.273. The number of halogens is 3. The second kappa shape index (κ2) is 6.58. The molecule has 5 nitrogen and oxygen atoms in total. The molecule has 0 amide bonds. The molecule has 0 radical (unpaired) electrons. The molecule has 0 unspecified atom stereocenters. The lowest BCUT2D eigenvalue weighted by atomic mass is 10.2. The number of hydrogen-bond donors (Lipinski definition) is 1. The van der Waals surface area contributed by atoms with Crippen molar-refractivity contribution < 1.29 is 22.4 Å². The molecule has 0 fully saturated rings. The Kier molecular flexibility index (Phi) is 5.39. The highest BCUT2D eigenvalue weighted by Crippen LogP contribution is 2.14. The van der Waals surface area contributed by atoms with Crippen LogP contribution in [0.25, 0.3) is 0 Å². The zero-order valence-electron chi connectivity index (χ0n) is 10.3. The number of ether oxygens (including phenoxy) is 1. The lowest BCUT2D eigenvalue weighted by Gasteiger charge is -2.05. The van der Waals surface area contributed by atoms with Crippen molar-refractivity contribution in [3.8, 4) is 0 Å². The van der Waals surface area contributed by atoms with Crippen LogP contribution in [0.2, 0.25) is 0 Å². The highest BCUT2D eigenvalue weighted by molar-refractivity contribution is 5.17. The van der Waals surface area contributed by atoms with Crippen LogP contribution in [0.3, 0.4) is 0 Å². The molecule has 0 bridgehead atoms. The van der Waals surface area contributed by atoms with Crippen LogP contribution < -0.4 is 5.32 Å². The first kappa shape index (κ1) is 14.7. The summed E-state index contributed by atoms with van der Waals surface area (Å²) in [4.78, 5) is 3.97. The van der Waals surface area contributed by atoms with Crippen molar-refractivity contribution in [1.29, 1.82) is 0 Å². The van der Waals surface area contributed by atoms with E-state index in [0.29, 0.717) is 18.3 Å². The van der Waals surface area contributed by atoms with Crippen LogP contribution in [0, 0.1) is 5.92 Å². The Morgan fingerprint density at radius 2 is 2.11 bits per heavy atom. The standard InChI is InChI=1S/C10H16F3N3O2/c1-7(2)5-14-9-15-8(16-18-9)3-4-17-6-10(11,12)13/h7H,3-6H2,1-2H3,(H,14,15,16). The Labute approximate surface area is 103 Å². The van der Waals surface area contributed by atoms with E-state index in [1.54, 1.807) is 0 Å². The van der Waals surface area contributed by atoms with Gasteiger partial charge in [0.25, 0.3) is 0 Å². The van der Waals surface area contributed by atoms with Gasteiger partial charge in [0, 0.05) is 13.0 Å². The first-order valence-corrected chi connectivity index (χ1v) is 5.58. The van der Waals surface area contributed by atoms with Gasteiger partial charge in [0.15, 0.2) is 5.82 Å². The fourth-order valence-electron chi connectivity index (χ4n) is 1.07. The number of rotatable bonds is 7. The van der Waals surface area contributed by atoms with E-state index in [1.165, 1.54) is 0 Å². The number of nitrogens with zero attached hydrogens (tertiary/aromatic N) is 2. The SMILES string of the molecule is CC(C)CNc1nc(CCOCC(F)(F)F)no1. The van der Waals surface area contributed by atoms with E-state index >= 15 is 0 Å². The average molecular weight is 267 g/mol. The molecule has 8 heteroatoms. The molecule has 1 heterocycles. The quantitative estimate of drug-likeness (QED) is 0.768. The molecule has 0 aromatic carbocycles. The summed E-state index contributed by atoms with van der Waals surface area (Å²) in [5.41, 5.74) is 0. The van der Waals surface area contributed by atoms with Crippen LogP contribution in [-0.4, -0.2) is 36.1 Å². The van der Waals surface area contributed by atoms with E-state index in [1.807, 2.05) is 13.8 Å². The monoisotopic (exact) mass is 267 g/mol. The van der Waals surface area contributed by atoms with Gasteiger partial charge in [0.1, 0.15) is 6.61 Å². The number of aromatic nitrogens is 2. The molecule has 0 spiro atoms. The van der Waals surface area contributed by atoms with Crippen molar-refractivity contribution in [2.45, 2.75) is 26.4 Å². The first-order chi connectivity index (χ1) is 8.37. The molecule has 0 aliphatic rings. The Morgan fingerprint density at radius 3 is 2.72 bits per heavy atom. The molecule has 1 rings (SSSR count). The van der Waals surface area contributed by atoms with Crippen LogP contribution in [0.1, 0.15) is 19.7 Å². The van der Waals surface area contributed by atoms with E-state index in [0.717, 1.165) is 0 Å². The van der Waals surface area contributed by atoms with Gasteiger partial charge < -0.3 is 14.6 Å². The van der Waals surface area contributed by atoms with Gasteiger partial charge in [-0.15, -0.1) is 0 Å². The van der Waals surface area contributed by atoms with Crippen molar-refractivity contribution in [2.24, 2.45) is 5.92 Å². The maximum Gasteiger partial charge on any atom is 0.411 e. The van der Waals surface area contributed by atoms with Crippen molar-refractivity contribution >= 4 is 6.01 Å². The Bertz CT molecular complexity index is 352. The summed E-state index contributed by atoms with van der Waals surface area (Å²) >= 11 is 0. The number of anilines is 1. The highest BCUT2D eigenvalue weighted by atomic mass is 19.4. The summed E-state index contributed by atoms with van der Waals surface area (Å²) < 4.78 is 44.6. The van der Waals surface area contributed by atoms with E-state index in [4.69, 9.17) is 4.52 Å². The van der Waals surface area contributed by atoms with Crippen molar-refractivity contribution in [2.75, 3.05) is 25.1 Å². The molecule has 1 N–H and O–H groups in total. The van der Waals surface area contributed by atoms with Crippen LogP contribution in [-0.2, 0) is 11.2 Å². The van der Waals surface area contributed by atoms with Crippen molar-refractivity contribution in [1.82, 2.24) is 10.1 Å². The smallest absolute Gasteiger partial charge is 0.372 e. The molecular weight excluding hydrogens is 251 g/mol. The van der Waals surface area contributed by atoms with E-state index in [9.17, 15) is 13.2 Å². The van der Waals surface area contributed by atoms with Crippen LogP contribution in [0.5, 0.6) is 0 Å². The van der Waals surface area contributed by atoms with Gasteiger partial charge in [-0.3, -0.25) is 0 Å². The average Bonchev–Trinajstić information content (AvgIpc) is 2.68. The maximum absolute atomic E-state index is 11.8. The zero-order valence-corrected chi connectivity index (χ0v) is 10.3. The predicted octanol–water partition coefficient (Wildman–Crippen LogP) is 2.26. The number of nitrogens with one attached hydrogen (secondary N) is 1. The normalized spacial score (nSPS) is 12.1. The Balaban J connectivity index is 2.23. The summed E-state index contributed by atoms with van der Waals surface area (Å²) in [5.74, 6) is 0.749. The van der Waals surface area contributed by atoms with Gasteiger partial charge in [-0.1, -0.05) is 19.0 Å². The minimum atomic E-state index is -4.30. The largest absolute Gasteiger partial charge is 0.411 e. The maximum atomic E-state index is 11.8.